The van der Waals surface area contributed by atoms with Crippen molar-refractivity contribution in [2.75, 3.05) is 13.1 Å². The van der Waals surface area contributed by atoms with E-state index in [-0.39, 0.29) is 16.8 Å². The molecule has 1 heterocycles. The second-order valence-electron chi connectivity index (χ2n) is 4.73. The first-order valence-corrected chi connectivity index (χ1v) is 6.25. The molecule has 1 aliphatic rings. The Kier molecular flexibility index (Phi) is 3.75. The molecule has 1 saturated heterocycles. The van der Waals surface area contributed by atoms with E-state index in [1.165, 1.54) is 17.0 Å². The average molecular weight is 286 g/mol. The maximum Gasteiger partial charge on any atom is 0.306 e. The third-order valence-corrected chi connectivity index (χ3v) is 3.75. The van der Waals surface area contributed by atoms with Crippen molar-refractivity contribution in [1.29, 1.82) is 0 Å². The zero-order chi connectivity index (χ0) is 14.2. The summed E-state index contributed by atoms with van der Waals surface area (Å²) in [5.41, 5.74) is 0.313. The Bertz CT molecular complexity index is 529. The van der Waals surface area contributed by atoms with Crippen molar-refractivity contribution in [2.24, 2.45) is 11.8 Å². The molecule has 102 valence electrons. The van der Waals surface area contributed by atoms with E-state index in [0.29, 0.717) is 18.7 Å². The number of halogens is 2. The van der Waals surface area contributed by atoms with Crippen LogP contribution in [-0.2, 0) is 4.79 Å². The summed E-state index contributed by atoms with van der Waals surface area (Å²) in [7, 11) is 0. The summed E-state index contributed by atoms with van der Waals surface area (Å²) in [5.74, 6) is -2.19. The van der Waals surface area contributed by atoms with E-state index in [1.54, 1.807) is 6.92 Å². The van der Waals surface area contributed by atoms with Gasteiger partial charge in [-0.1, -0.05) is 18.5 Å². The van der Waals surface area contributed by atoms with Gasteiger partial charge in [0.05, 0.1) is 10.9 Å². The number of carbonyl (C=O) groups excluding carboxylic acids is 1. The van der Waals surface area contributed by atoms with Crippen LogP contribution in [0.1, 0.15) is 17.3 Å². The van der Waals surface area contributed by atoms with Crippen LogP contribution in [0.3, 0.4) is 0 Å². The Hall–Kier alpha value is -1.62. The van der Waals surface area contributed by atoms with Gasteiger partial charge in [0.15, 0.2) is 0 Å². The summed E-state index contributed by atoms with van der Waals surface area (Å²) in [4.78, 5) is 24.4. The molecular weight excluding hydrogens is 273 g/mol. The molecule has 1 unspecified atom stereocenters. The SMILES string of the molecule is CC(C(=O)O)C1CN(C(=O)c2ccc(F)c(Cl)c2)C1. The molecule has 4 nitrogen and oxygen atoms in total. The minimum absolute atomic E-state index is 0.0302. The number of benzene rings is 1. The summed E-state index contributed by atoms with van der Waals surface area (Å²) < 4.78 is 13.0. The van der Waals surface area contributed by atoms with Crippen LogP contribution in [0.4, 0.5) is 4.39 Å². The van der Waals surface area contributed by atoms with Crippen molar-refractivity contribution >= 4 is 23.5 Å². The maximum atomic E-state index is 13.0. The van der Waals surface area contributed by atoms with Gasteiger partial charge < -0.3 is 10.0 Å². The molecule has 0 aromatic heterocycles. The van der Waals surface area contributed by atoms with E-state index in [0.717, 1.165) is 6.07 Å². The van der Waals surface area contributed by atoms with Crippen molar-refractivity contribution < 1.29 is 19.1 Å². The lowest BCUT2D eigenvalue weighted by Gasteiger charge is -2.41. The highest BCUT2D eigenvalue weighted by Crippen LogP contribution is 2.26. The first kappa shape index (κ1) is 13.8. The average Bonchev–Trinajstić information content (AvgIpc) is 2.30. The number of aliphatic carboxylic acids is 1. The molecule has 1 aliphatic heterocycles. The first-order chi connectivity index (χ1) is 8.90. The predicted octanol–water partition coefficient (Wildman–Crippen LogP) is 2.27. The summed E-state index contributed by atoms with van der Waals surface area (Å²) in [6, 6.07) is 3.80. The Morgan fingerprint density at radius 2 is 2.11 bits per heavy atom. The number of carboxylic acids is 1. The smallest absolute Gasteiger partial charge is 0.306 e. The van der Waals surface area contributed by atoms with Gasteiger partial charge >= 0.3 is 5.97 Å². The van der Waals surface area contributed by atoms with Crippen LogP contribution in [0.15, 0.2) is 18.2 Å². The van der Waals surface area contributed by atoms with Crippen LogP contribution in [0.5, 0.6) is 0 Å². The number of hydrogen-bond acceptors (Lipinski definition) is 2. The van der Waals surface area contributed by atoms with Gasteiger partial charge in [-0.15, -0.1) is 0 Å². The second-order valence-corrected chi connectivity index (χ2v) is 5.13. The maximum absolute atomic E-state index is 13.0. The summed E-state index contributed by atoms with van der Waals surface area (Å²) in [5, 5.41) is 8.77. The fourth-order valence-corrected chi connectivity index (χ4v) is 2.19. The van der Waals surface area contributed by atoms with Crippen molar-refractivity contribution in [3.05, 3.63) is 34.6 Å². The molecule has 6 heteroatoms. The lowest BCUT2D eigenvalue weighted by molar-refractivity contribution is -0.144. The van der Waals surface area contributed by atoms with E-state index in [2.05, 4.69) is 0 Å². The van der Waals surface area contributed by atoms with Crippen LogP contribution in [0.25, 0.3) is 0 Å². The van der Waals surface area contributed by atoms with Gasteiger partial charge in [-0.25, -0.2) is 4.39 Å². The molecule has 0 bridgehead atoms. The highest BCUT2D eigenvalue weighted by molar-refractivity contribution is 6.31. The minimum atomic E-state index is -0.859. The van der Waals surface area contributed by atoms with E-state index in [4.69, 9.17) is 16.7 Å². The summed E-state index contributed by atoms with van der Waals surface area (Å²) >= 11 is 5.62. The molecule has 0 radical (unpaired) electrons. The number of carbonyl (C=O) groups is 2. The highest BCUT2D eigenvalue weighted by Gasteiger charge is 2.37. The molecular formula is C13H13ClFNO3. The minimum Gasteiger partial charge on any atom is -0.481 e. The molecule has 1 fully saturated rings. The van der Waals surface area contributed by atoms with E-state index in [9.17, 15) is 14.0 Å². The van der Waals surface area contributed by atoms with Gasteiger partial charge in [0, 0.05) is 24.6 Å². The molecule has 1 aromatic rings. The van der Waals surface area contributed by atoms with Crippen LogP contribution in [0, 0.1) is 17.7 Å². The first-order valence-electron chi connectivity index (χ1n) is 5.87. The topological polar surface area (TPSA) is 57.6 Å². The number of hydrogen-bond donors (Lipinski definition) is 1. The summed E-state index contributed by atoms with van der Waals surface area (Å²) in [6.07, 6.45) is 0. The standard InChI is InChI=1S/C13H13ClFNO3/c1-7(13(18)19)9-5-16(6-9)12(17)8-2-3-11(15)10(14)4-8/h2-4,7,9H,5-6H2,1H3,(H,18,19). The number of rotatable bonds is 3. The Morgan fingerprint density at radius 3 is 2.63 bits per heavy atom. The van der Waals surface area contributed by atoms with Crippen molar-refractivity contribution in [3.8, 4) is 0 Å². The van der Waals surface area contributed by atoms with Crippen molar-refractivity contribution in [1.82, 2.24) is 4.90 Å². The molecule has 1 aromatic carbocycles. The van der Waals surface area contributed by atoms with E-state index >= 15 is 0 Å². The molecule has 0 spiro atoms. The van der Waals surface area contributed by atoms with Gasteiger partial charge in [-0.2, -0.15) is 0 Å². The molecule has 0 saturated carbocycles. The Labute approximate surface area is 114 Å². The van der Waals surface area contributed by atoms with E-state index < -0.39 is 17.7 Å². The normalized spacial score (nSPS) is 16.9. The fraction of sp³-hybridized carbons (Fsp3) is 0.385. The molecule has 1 amide bonds. The molecule has 2 rings (SSSR count). The lowest BCUT2D eigenvalue weighted by atomic mass is 9.86. The summed E-state index contributed by atoms with van der Waals surface area (Å²) in [6.45, 7) is 2.44. The second kappa shape index (κ2) is 5.17. The number of amides is 1. The van der Waals surface area contributed by atoms with Gasteiger partial charge in [-0.3, -0.25) is 9.59 Å². The predicted molar refractivity (Wildman–Crippen MR) is 67.6 cm³/mol. The monoisotopic (exact) mass is 285 g/mol. The van der Waals surface area contributed by atoms with Gasteiger partial charge in [0.25, 0.3) is 5.91 Å². The van der Waals surface area contributed by atoms with Crippen molar-refractivity contribution in [3.63, 3.8) is 0 Å². The van der Waals surface area contributed by atoms with Crippen molar-refractivity contribution in [2.45, 2.75) is 6.92 Å². The zero-order valence-corrected chi connectivity index (χ0v) is 11.0. The van der Waals surface area contributed by atoms with Gasteiger partial charge in [0.2, 0.25) is 0 Å². The number of carboxylic acid groups (broad SMARTS) is 1. The highest BCUT2D eigenvalue weighted by atomic mass is 35.5. The molecule has 1 atom stereocenters. The van der Waals surface area contributed by atoms with Crippen LogP contribution >= 0.6 is 11.6 Å². The molecule has 19 heavy (non-hydrogen) atoms. The van der Waals surface area contributed by atoms with Crippen LogP contribution in [-0.4, -0.2) is 35.0 Å². The Morgan fingerprint density at radius 1 is 1.47 bits per heavy atom. The molecule has 1 N–H and O–H groups in total. The van der Waals surface area contributed by atoms with E-state index in [1.807, 2.05) is 0 Å². The van der Waals surface area contributed by atoms with Crippen LogP contribution < -0.4 is 0 Å². The van der Waals surface area contributed by atoms with Gasteiger partial charge in [-0.05, 0) is 18.2 Å². The van der Waals surface area contributed by atoms with Gasteiger partial charge in [0.1, 0.15) is 5.82 Å². The number of likely N-dealkylation sites (tertiary alicyclic amines) is 1. The quantitative estimate of drug-likeness (QED) is 0.927. The molecule has 0 aliphatic carbocycles. The third-order valence-electron chi connectivity index (χ3n) is 3.46. The zero-order valence-electron chi connectivity index (χ0n) is 10.3. The third kappa shape index (κ3) is 2.71. The largest absolute Gasteiger partial charge is 0.481 e. The number of nitrogens with zero attached hydrogens (tertiary/aromatic N) is 1. The fourth-order valence-electron chi connectivity index (χ4n) is 2.01. The Balaban J connectivity index is 2.00. The lowest BCUT2D eigenvalue weighted by Crippen LogP contribution is -2.53. The van der Waals surface area contributed by atoms with Crippen LogP contribution in [0.2, 0.25) is 5.02 Å².